The molecule has 1 aliphatic rings. The maximum atomic E-state index is 14.1. The summed E-state index contributed by atoms with van der Waals surface area (Å²) < 4.78 is 24.7. The highest BCUT2D eigenvalue weighted by Crippen LogP contribution is 2.54. The van der Waals surface area contributed by atoms with Gasteiger partial charge in [0.2, 0.25) is 0 Å². The van der Waals surface area contributed by atoms with E-state index >= 15 is 0 Å². The number of allylic oxidation sites excluding steroid dienone is 1. The van der Waals surface area contributed by atoms with Crippen LogP contribution in [0.5, 0.6) is 0 Å². The first-order chi connectivity index (χ1) is 15.4. The van der Waals surface area contributed by atoms with Crippen molar-refractivity contribution in [2.75, 3.05) is 6.54 Å². The number of aromatic nitrogens is 2. The standard InChI is InChI=1S/C23H27Cl2FN4O3/c1-13(26)18(28-10-7-19(31)32-22(2,3)4)12-17(27)20-29-21(30-33-20)23(8-9-23)15-6-5-14(24)11-16(15)25/h5-6,11-13H,7-10,27H2,1-4H3/b17-12-,28-18?. The predicted molar refractivity (Wildman–Crippen MR) is 126 cm³/mol. The minimum absolute atomic E-state index is 0.0241. The fourth-order valence-electron chi connectivity index (χ4n) is 3.33. The van der Waals surface area contributed by atoms with Gasteiger partial charge in [0, 0.05) is 16.6 Å². The summed E-state index contributed by atoms with van der Waals surface area (Å²) in [5, 5.41) is 5.16. The molecule has 0 bridgehead atoms. The number of hydrogen-bond donors (Lipinski definition) is 1. The Morgan fingerprint density at radius 1 is 1.39 bits per heavy atom. The Morgan fingerprint density at radius 3 is 2.67 bits per heavy atom. The molecule has 1 aromatic carbocycles. The number of nitrogens with two attached hydrogens (primary N) is 1. The first-order valence-corrected chi connectivity index (χ1v) is 11.3. The molecule has 0 spiro atoms. The molecule has 1 unspecified atom stereocenters. The molecule has 1 fully saturated rings. The van der Waals surface area contributed by atoms with E-state index in [9.17, 15) is 9.18 Å². The highest BCUT2D eigenvalue weighted by molar-refractivity contribution is 6.35. The van der Waals surface area contributed by atoms with Gasteiger partial charge in [0.05, 0.1) is 23.2 Å². The summed E-state index contributed by atoms with van der Waals surface area (Å²) in [5.74, 6) is 0.0998. The summed E-state index contributed by atoms with van der Waals surface area (Å²) in [6.07, 6.45) is 1.56. The van der Waals surface area contributed by atoms with Crippen molar-refractivity contribution in [3.05, 3.63) is 51.6 Å². The van der Waals surface area contributed by atoms with Gasteiger partial charge >= 0.3 is 5.97 Å². The second-order valence-corrected chi connectivity index (χ2v) is 9.83. The lowest BCUT2D eigenvalue weighted by molar-refractivity contribution is -0.154. The van der Waals surface area contributed by atoms with Gasteiger partial charge in [-0.2, -0.15) is 4.98 Å². The normalized spacial score (nSPS) is 17.1. The van der Waals surface area contributed by atoms with Gasteiger partial charge < -0.3 is 15.0 Å². The van der Waals surface area contributed by atoms with E-state index in [-0.39, 0.29) is 30.3 Å². The molecule has 3 rings (SSSR count). The van der Waals surface area contributed by atoms with Gasteiger partial charge in [-0.15, -0.1) is 0 Å². The second-order valence-electron chi connectivity index (χ2n) is 8.99. The monoisotopic (exact) mass is 496 g/mol. The minimum Gasteiger partial charge on any atom is -0.460 e. The molecule has 1 atom stereocenters. The van der Waals surface area contributed by atoms with Gasteiger partial charge in [-0.25, -0.2) is 4.39 Å². The number of nitrogens with zero attached hydrogens (tertiary/aromatic N) is 3. The Kier molecular flexibility index (Phi) is 7.49. The molecular weight excluding hydrogens is 470 g/mol. The van der Waals surface area contributed by atoms with E-state index in [1.54, 1.807) is 32.9 Å². The van der Waals surface area contributed by atoms with Crippen LogP contribution in [0.15, 0.2) is 33.8 Å². The van der Waals surface area contributed by atoms with E-state index in [2.05, 4.69) is 15.1 Å². The summed E-state index contributed by atoms with van der Waals surface area (Å²) in [6.45, 7) is 6.72. The molecule has 0 aliphatic heterocycles. The van der Waals surface area contributed by atoms with Crippen LogP contribution >= 0.6 is 23.2 Å². The van der Waals surface area contributed by atoms with E-state index in [4.69, 9.17) is 38.2 Å². The topological polar surface area (TPSA) is 104 Å². The lowest BCUT2D eigenvalue weighted by Gasteiger charge is -2.19. The smallest absolute Gasteiger partial charge is 0.308 e. The molecule has 2 aromatic rings. The Hall–Kier alpha value is -2.45. The van der Waals surface area contributed by atoms with Crippen LogP contribution in [-0.4, -0.2) is 40.1 Å². The Morgan fingerprint density at radius 2 is 2.09 bits per heavy atom. The number of carbonyl (C=O) groups excluding carboxylic acids is 1. The van der Waals surface area contributed by atoms with E-state index in [0.717, 1.165) is 18.4 Å². The van der Waals surface area contributed by atoms with Gasteiger partial charge in [-0.05, 0) is 64.3 Å². The molecule has 1 aromatic heterocycles. The van der Waals surface area contributed by atoms with Crippen LogP contribution in [0, 0.1) is 0 Å². The number of aliphatic imine (C=N–C) groups is 1. The van der Waals surface area contributed by atoms with E-state index < -0.39 is 23.2 Å². The van der Waals surface area contributed by atoms with Crippen molar-refractivity contribution in [3.63, 3.8) is 0 Å². The molecule has 1 saturated carbocycles. The first kappa shape index (κ1) is 25.2. The van der Waals surface area contributed by atoms with Gasteiger partial charge in [-0.3, -0.25) is 9.79 Å². The second kappa shape index (κ2) is 9.81. The fourth-order valence-corrected chi connectivity index (χ4v) is 3.92. The van der Waals surface area contributed by atoms with Crippen LogP contribution in [0.1, 0.15) is 64.2 Å². The number of ether oxygens (including phenoxy) is 1. The van der Waals surface area contributed by atoms with Crippen LogP contribution in [0.3, 0.4) is 0 Å². The van der Waals surface area contributed by atoms with Crippen molar-refractivity contribution in [1.29, 1.82) is 0 Å². The number of benzene rings is 1. The van der Waals surface area contributed by atoms with Gasteiger partial charge in [0.1, 0.15) is 11.8 Å². The summed E-state index contributed by atoms with van der Waals surface area (Å²) in [5.41, 5.74) is 6.06. The largest absolute Gasteiger partial charge is 0.460 e. The third kappa shape index (κ3) is 6.32. The van der Waals surface area contributed by atoms with Gasteiger partial charge in [0.25, 0.3) is 5.89 Å². The van der Waals surface area contributed by atoms with Crippen LogP contribution in [0.25, 0.3) is 5.70 Å². The summed E-state index contributed by atoms with van der Waals surface area (Å²) >= 11 is 12.4. The van der Waals surface area contributed by atoms with Crippen LogP contribution in [-0.2, 0) is 14.9 Å². The molecule has 10 heteroatoms. The summed E-state index contributed by atoms with van der Waals surface area (Å²) in [4.78, 5) is 20.4. The number of carbonyl (C=O) groups is 1. The van der Waals surface area contributed by atoms with Crippen molar-refractivity contribution >= 4 is 40.6 Å². The summed E-state index contributed by atoms with van der Waals surface area (Å²) in [7, 11) is 0. The minimum atomic E-state index is -1.41. The number of halogens is 3. The molecule has 0 saturated heterocycles. The van der Waals surface area contributed by atoms with Gasteiger partial charge in [0.15, 0.2) is 5.82 Å². The Balaban J connectivity index is 1.75. The molecule has 1 aliphatic carbocycles. The van der Waals surface area contributed by atoms with Gasteiger partial charge in [-0.1, -0.05) is 34.4 Å². The zero-order valence-electron chi connectivity index (χ0n) is 19.0. The quantitative estimate of drug-likeness (QED) is 0.393. The summed E-state index contributed by atoms with van der Waals surface area (Å²) in [6, 6.07) is 5.30. The maximum absolute atomic E-state index is 14.1. The predicted octanol–water partition coefficient (Wildman–Crippen LogP) is 5.29. The van der Waals surface area contributed by atoms with E-state index in [0.29, 0.717) is 15.9 Å². The Bertz CT molecular complexity index is 1090. The molecule has 1 heterocycles. The molecule has 178 valence electrons. The van der Waals surface area contributed by atoms with Crippen LogP contribution in [0.4, 0.5) is 4.39 Å². The Labute approximate surface area is 202 Å². The SMILES string of the molecule is CC(F)C(/C=C(\N)c1nc(C2(c3ccc(Cl)cc3Cl)CC2)no1)=NCCC(=O)OC(C)(C)C. The third-order valence-electron chi connectivity index (χ3n) is 5.04. The van der Waals surface area contributed by atoms with Crippen molar-refractivity contribution in [2.45, 2.75) is 64.1 Å². The lowest BCUT2D eigenvalue weighted by atomic mass is 9.95. The molecular formula is C23H27Cl2FN4O3. The van der Waals surface area contributed by atoms with Crippen molar-refractivity contribution < 1.29 is 18.4 Å². The van der Waals surface area contributed by atoms with Crippen LogP contribution in [0.2, 0.25) is 10.0 Å². The molecule has 0 amide bonds. The van der Waals surface area contributed by atoms with Crippen molar-refractivity contribution in [1.82, 2.24) is 10.1 Å². The average molecular weight is 497 g/mol. The third-order valence-corrected chi connectivity index (χ3v) is 5.59. The number of alkyl halides is 1. The molecule has 7 nitrogen and oxygen atoms in total. The highest BCUT2D eigenvalue weighted by Gasteiger charge is 2.51. The zero-order chi connectivity index (χ0) is 24.4. The zero-order valence-corrected chi connectivity index (χ0v) is 20.5. The molecule has 33 heavy (non-hydrogen) atoms. The first-order valence-electron chi connectivity index (χ1n) is 10.6. The van der Waals surface area contributed by atoms with Crippen molar-refractivity contribution in [2.24, 2.45) is 10.7 Å². The lowest BCUT2D eigenvalue weighted by Crippen LogP contribution is -2.24. The number of esters is 1. The van der Waals surface area contributed by atoms with E-state index in [1.807, 2.05) is 6.07 Å². The van der Waals surface area contributed by atoms with Crippen LogP contribution < -0.4 is 5.73 Å². The highest BCUT2D eigenvalue weighted by atomic mass is 35.5. The van der Waals surface area contributed by atoms with Crippen molar-refractivity contribution in [3.8, 4) is 0 Å². The number of hydrogen-bond acceptors (Lipinski definition) is 7. The van der Waals surface area contributed by atoms with E-state index in [1.165, 1.54) is 13.0 Å². The maximum Gasteiger partial charge on any atom is 0.308 e. The molecule has 0 radical (unpaired) electrons. The fraction of sp³-hybridized carbons (Fsp3) is 0.478. The average Bonchev–Trinajstić information content (AvgIpc) is 3.33. The number of rotatable bonds is 8. The molecule has 2 N–H and O–H groups in total.